The molecule has 2 N–H and O–H groups in total. The summed E-state index contributed by atoms with van der Waals surface area (Å²) in [5, 5.41) is 12.1. The van der Waals surface area contributed by atoms with Crippen molar-refractivity contribution in [2.24, 2.45) is 0 Å². The van der Waals surface area contributed by atoms with Gasteiger partial charge in [-0.3, -0.25) is 0 Å². The van der Waals surface area contributed by atoms with E-state index in [0.717, 1.165) is 18.6 Å². The van der Waals surface area contributed by atoms with Gasteiger partial charge in [0.05, 0.1) is 30.0 Å². The monoisotopic (exact) mass is 289 g/mol. The van der Waals surface area contributed by atoms with Gasteiger partial charge in [0.2, 0.25) is 0 Å². The van der Waals surface area contributed by atoms with E-state index in [1.165, 1.54) is 0 Å². The minimum Gasteiger partial charge on any atom is -0.491 e. The van der Waals surface area contributed by atoms with Crippen molar-refractivity contribution in [3.63, 3.8) is 0 Å². The summed E-state index contributed by atoms with van der Waals surface area (Å²) in [6.07, 6.45) is 0.981. The highest BCUT2D eigenvalue weighted by molar-refractivity contribution is 5.73. The molecule has 0 bridgehead atoms. The molecule has 0 saturated carbocycles. The van der Waals surface area contributed by atoms with Crippen molar-refractivity contribution in [3.8, 4) is 17.1 Å². The number of hydrogen-bond donors (Lipinski definition) is 1. The van der Waals surface area contributed by atoms with Gasteiger partial charge in [-0.25, -0.2) is 4.68 Å². The normalized spacial score (nSPS) is 21.6. The number of ether oxygens (including phenoxy) is 2. The summed E-state index contributed by atoms with van der Waals surface area (Å²) < 4.78 is 13.1. The van der Waals surface area contributed by atoms with Crippen LogP contribution >= 0.6 is 0 Å². The third kappa shape index (κ3) is 2.44. The average Bonchev–Trinajstić information content (AvgIpc) is 3.09. The minimum absolute atomic E-state index is 0.0869. The van der Waals surface area contributed by atoms with Gasteiger partial charge in [0.15, 0.2) is 11.6 Å². The Bertz CT molecular complexity index is 628. The molecule has 2 heterocycles. The van der Waals surface area contributed by atoms with E-state index >= 15 is 0 Å². The molecule has 1 saturated heterocycles. The second-order valence-electron chi connectivity index (χ2n) is 5.04. The summed E-state index contributed by atoms with van der Waals surface area (Å²) in [4.78, 5) is 0. The topological polar surface area (TPSA) is 88.1 Å². The number of para-hydroxylation sites is 1. The van der Waals surface area contributed by atoms with Gasteiger partial charge in [-0.05, 0) is 42.8 Å². The molecule has 1 aromatic carbocycles. The third-order valence-electron chi connectivity index (χ3n) is 3.72. The first-order valence-electron chi connectivity index (χ1n) is 7.13. The van der Waals surface area contributed by atoms with Crippen LogP contribution in [0.3, 0.4) is 0 Å². The maximum absolute atomic E-state index is 6.02. The maximum Gasteiger partial charge on any atom is 0.186 e. The van der Waals surface area contributed by atoms with Crippen molar-refractivity contribution < 1.29 is 9.47 Å². The second-order valence-corrected chi connectivity index (χ2v) is 5.04. The summed E-state index contributed by atoms with van der Waals surface area (Å²) in [5.41, 5.74) is 7.41. The predicted octanol–water partition coefficient (Wildman–Crippen LogP) is 1.67. The van der Waals surface area contributed by atoms with Crippen molar-refractivity contribution in [1.82, 2.24) is 20.2 Å². The molecule has 21 heavy (non-hydrogen) atoms. The molecule has 3 rings (SSSR count). The maximum atomic E-state index is 6.02. The number of tetrazole rings is 1. The summed E-state index contributed by atoms with van der Waals surface area (Å²) in [7, 11) is 0. The van der Waals surface area contributed by atoms with E-state index in [1.807, 2.05) is 36.7 Å². The first-order valence-corrected chi connectivity index (χ1v) is 7.13. The molecule has 7 nitrogen and oxygen atoms in total. The predicted molar refractivity (Wildman–Crippen MR) is 77.9 cm³/mol. The van der Waals surface area contributed by atoms with Crippen LogP contribution in [-0.2, 0) is 4.74 Å². The van der Waals surface area contributed by atoms with Crippen molar-refractivity contribution in [3.05, 3.63) is 18.2 Å². The molecule has 0 aliphatic carbocycles. The van der Waals surface area contributed by atoms with Gasteiger partial charge in [0.1, 0.15) is 0 Å². The summed E-state index contributed by atoms with van der Waals surface area (Å²) >= 11 is 0. The Balaban J connectivity index is 2.06. The highest BCUT2D eigenvalue weighted by Crippen LogP contribution is 2.36. The van der Waals surface area contributed by atoms with Gasteiger partial charge in [0.25, 0.3) is 0 Å². The van der Waals surface area contributed by atoms with E-state index in [1.54, 1.807) is 0 Å². The molecular formula is C14H19N5O2. The van der Waals surface area contributed by atoms with Crippen molar-refractivity contribution in [1.29, 1.82) is 0 Å². The lowest BCUT2D eigenvalue weighted by Gasteiger charge is -2.17. The van der Waals surface area contributed by atoms with Crippen molar-refractivity contribution >= 4 is 5.69 Å². The van der Waals surface area contributed by atoms with Crippen LogP contribution in [0, 0.1) is 0 Å². The Hall–Kier alpha value is -2.15. The van der Waals surface area contributed by atoms with E-state index in [0.29, 0.717) is 23.9 Å². The first kappa shape index (κ1) is 13.8. The Kier molecular flexibility index (Phi) is 3.74. The standard InChI is InChI=1S/C14H19N5O2/c1-3-20-13-10(5-4-6-11(13)15)14-16-17-18-19(14)12-7-8-21-9(12)2/h4-6,9,12H,3,7-8,15H2,1-2H3. The lowest BCUT2D eigenvalue weighted by molar-refractivity contribution is 0.105. The van der Waals surface area contributed by atoms with Gasteiger partial charge in [0, 0.05) is 6.61 Å². The molecule has 2 aromatic rings. The highest BCUT2D eigenvalue weighted by Gasteiger charge is 2.30. The lowest BCUT2D eigenvalue weighted by Crippen LogP contribution is -2.19. The van der Waals surface area contributed by atoms with E-state index in [4.69, 9.17) is 15.2 Å². The van der Waals surface area contributed by atoms with Crippen LogP contribution in [-0.4, -0.2) is 39.5 Å². The third-order valence-corrected chi connectivity index (χ3v) is 3.72. The molecular weight excluding hydrogens is 270 g/mol. The smallest absolute Gasteiger partial charge is 0.186 e. The van der Waals surface area contributed by atoms with Crippen LogP contribution in [0.4, 0.5) is 5.69 Å². The zero-order valence-electron chi connectivity index (χ0n) is 12.2. The minimum atomic E-state index is 0.0869. The fourth-order valence-corrected chi connectivity index (χ4v) is 2.67. The van der Waals surface area contributed by atoms with Gasteiger partial charge in [-0.1, -0.05) is 6.07 Å². The van der Waals surface area contributed by atoms with Crippen molar-refractivity contribution in [2.75, 3.05) is 18.9 Å². The number of anilines is 1. The lowest BCUT2D eigenvalue weighted by atomic mass is 10.1. The summed E-state index contributed by atoms with van der Waals surface area (Å²) in [5.74, 6) is 1.29. The molecule has 1 aliphatic rings. The van der Waals surface area contributed by atoms with Crippen LogP contribution < -0.4 is 10.5 Å². The van der Waals surface area contributed by atoms with E-state index < -0.39 is 0 Å². The zero-order valence-corrected chi connectivity index (χ0v) is 12.2. The Labute approximate surface area is 123 Å². The molecule has 1 fully saturated rings. The van der Waals surface area contributed by atoms with Crippen LogP contribution in [0.1, 0.15) is 26.3 Å². The highest BCUT2D eigenvalue weighted by atomic mass is 16.5. The number of nitrogen functional groups attached to an aromatic ring is 1. The fourth-order valence-electron chi connectivity index (χ4n) is 2.67. The molecule has 7 heteroatoms. The van der Waals surface area contributed by atoms with Crippen LogP contribution in [0.15, 0.2) is 18.2 Å². The summed E-state index contributed by atoms with van der Waals surface area (Å²) in [6, 6.07) is 5.74. The van der Waals surface area contributed by atoms with Crippen LogP contribution in [0.25, 0.3) is 11.4 Å². The van der Waals surface area contributed by atoms with E-state index in [9.17, 15) is 0 Å². The second kappa shape index (κ2) is 5.69. The number of aromatic nitrogens is 4. The zero-order chi connectivity index (χ0) is 14.8. The number of nitrogens with two attached hydrogens (primary N) is 1. The van der Waals surface area contributed by atoms with Gasteiger partial charge in [-0.15, -0.1) is 5.10 Å². The van der Waals surface area contributed by atoms with Crippen LogP contribution in [0.2, 0.25) is 0 Å². The molecule has 0 spiro atoms. The molecule has 1 aliphatic heterocycles. The number of benzene rings is 1. The van der Waals surface area contributed by atoms with Crippen molar-refractivity contribution in [2.45, 2.75) is 32.4 Å². The fraction of sp³-hybridized carbons (Fsp3) is 0.500. The average molecular weight is 289 g/mol. The molecule has 0 radical (unpaired) electrons. The molecule has 2 unspecified atom stereocenters. The van der Waals surface area contributed by atoms with Gasteiger partial charge in [-0.2, -0.15) is 0 Å². The molecule has 0 amide bonds. The first-order chi connectivity index (χ1) is 10.2. The molecule has 2 atom stereocenters. The number of hydrogen-bond acceptors (Lipinski definition) is 6. The van der Waals surface area contributed by atoms with E-state index in [2.05, 4.69) is 15.5 Å². The quantitative estimate of drug-likeness (QED) is 0.861. The number of nitrogens with zero attached hydrogens (tertiary/aromatic N) is 4. The van der Waals surface area contributed by atoms with Gasteiger partial charge < -0.3 is 15.2 Å². The molecule has 112 valence electrons. The Morgan fingerprint density at radius 3 is 3.05 bits per heavy atom. The van der Waals surface area contributed by atoms with E-state index in [-0.39, 0.29) is 12.1 Å². The largest absolute Gasteiger partial charge is 0.491 e. The Morgan fingerprint density at radius 2 is 2.33 bits per heavy atom. The Morgan fingerprint density at radius 1 is 1.48 bits per heavy atom. The van der Waals surface area contributed by atoms with Gasteiger partial charge >= 0.3 is 0 Å². The van der Waals surface area contributed by atoms with Crippen LogP contribution in [0.5, 0.6) is 5.75 Å². The summed E-state index contributed by atoms with van der Waals surface area (Å²) in [6.45, 7) is 5.21. The SMILES string of the molecule is CCOc1c(N)cccc1-c1nnnn1C1CCOC1C. The number of rotatable bonds is 4. The molecule has 1 aromatic heterocycles.